The molecule has 2 aromatic rings. The number of rotatable bonds is 2. The second kappa shape index (κ2) is 4.54. The molecular weight excluding hydrogens is 293 g/mol. The first kappa shape index (κ1) is 11.6. The molecule has 3 N–H and O–H groups in total. The molecule has 1 amide bonds. The van der Waals surface area contributed by atoms with Crippen molar-refractivity contribution in [1.29, 1.82) is 0 Å². The summed E-state index contributed by atoms with van der Waals surface area (Å²) in [4.78, 5) is 27.0. The molecule has 88 valence electrons. The SMILES string of the molecule is O=C(Nc1ccc(Br)c(F)c1)c1c[nH]c(=O)[nH]1. The van der Waals surface area contributed by atoms with Crippen LogP contribution in [0.15, 0.2) is 33.7 Å². The number of carbonyl (C=O) groups is 1. The number of anilines is 1. The molecule has 17 heavy (non-hydrogen) atoms. The van der Waals surface area contributed by atoms with E-state index in [9.17, 15) is 14.0 Å². The summed E-state index contributed by atoms with van der Waals surface area (Å²) in [6, 6.07) is 4.19. The average Bonchev–Trinajstić information content (AvgIpc) is 2.70. The molecule has 0 saturated heterocycles. The fourth-order valence-corrected chi connectivity index (χ4v) is 1.47. The average molecular weight is 300 g/mol. The lowest BCUT2D eigenvalue weighted by Gasteiger charge is -2.03. The Morgan fingerprint density at radius 1 is 1.41 bits per heavy atom. The Balaban J connectivity index is 2.18. The van der Waals surface area contributed by atoms with E-state index in [1.54, 1.807) is 0 Å². The third-order valence-electron chi connectivity index (χ3n) is 2.02. The van der Waals surface area contributed by atoms with Gasteiger partial charge in [0.15, 0.2) is 0 Å². The molecule has 5 nitrogen and oxygen atoms in total. The van der Waals surface area contributed by atoms with Crippen LogP contribution in [0.25, 0.3) is 0 Å². The highest BCUT2D eigenvalue weighted by Gasteiger charge is 2.09. The molecular formula is C10H7BrFN3O2. The first-order valence-electron chi connectivity index (χ1n) is 4.60. The minimum atomic E-state index is -0.523. The van der Waals surface area contributed by atoms with Gasteiger partial charge < -0.3 is 15.3 Å². The van der Waals surface area contributed by atoms with Gasteiger partial charge in [-0.3, -0.25) is 4.79 Å². The normalized spacial score (nSPS) is 10.2. The maximum Gasteiger partial charge on any atom is 0.323 e. The second-order valence-corrected chi connectivity index (χ2v) is 4.09. The van der Waals surface area contributed by atoms with Gasteiger partial charge in [-0.05, 0) is 34.1 Å². The van der Waals surface area contributed by atoms with Gasteiger partial charge in [0.05, 0.1) is 4.47 Å². The van der Waals surface area contributed by atoms with Gasteiger partial charge in [0.2, 0.25) is 0 Å². The zero-order valence-corrected chi connectivity index (χ0v) is 9.97. The first-order chi connectivity index (χ1) is 8.06. The maximum atomic E-state index is 13.2. The van der Waals surface area contributed by atoms with E-state index in [4.69, 9.17) is 0 Å². The molecule has 1 aromatic heterocycles. The van der Waals surface area contributed by atoms with Crippen LogP contribution in [0.5, 0.6) is 0 Å². The molecule has 0 saturated carbocycles. The van der Waals surface area contributed by atoms with Gasteiger partial charge in [-0.1, -0.05) is 0 Å². The fourth-order valence-electron chi connectivity index (χ4n) is 1.23. The fraction of sp³-hybridized carbons (Fsp3) is 0. The van der Waals surface area contributed by atoms with Crippen molar-refractivity contribution in [1.82, 2.24) is 9.97 Å². The summed E-state index contributed by atoms with van der Waals surface area (Å²) in [5, 5.41) is 2.45. The molecule has 0 aliphatic rings. The monoisotopic (exact) mass is 299 g/mol. The van der Waals surface area contributed by atoms with Crippen molar-refractivity contribution in [2.45, 2.75) is 0 Å². The van der Waals surface area contributed by atoms with Crippen molar-refractivity contribution < 1.29 is 9.18 Å². The molecule has 7 heteroatoms. The highest BCUT2D eigenvalue weighted by Crippen LogP contribution is 2.19. The van der Waals surface area contributed by atoms with Gasteiger partial charge in [-0.25, -0.2) is 9.18 Å². The Morgan fingerprint density at radius 2 is 2.18 bits per heavy atom. The van der Waals surface area contributed by atoms with Gasteiger partial charge in [0.25, 0.3) is 5.91 Å². The summed E-state index contributed by atoms with van der Waals surface area (Å²) >= 11 is 3.00. The number of aromatic amines is 2. The van der Waals surface area contributed by atoms with Crippen molar-refractivity contribution in [2.24, 2.45) is 0 Å². The number of imidazole rings is 1. The van der Waals surface area contributed by atoms with E-state index < -0.39 is 17.4 Å². The van der Waals surface area contributed by atoms with Gasteiger partial charge in [0.1, 0.15) is 11.5 Å². The lowest BCUT2D eigenvalue weighted by atomic mass is 10.3. The van der Waals surface area contributed by atoms with Crippen LogP contribution in [0.4, 0.5) is 10.1 Å². The number of nitrogens with one attached hydrogen (secondary N) is 3. The van der Waals surface area contributed by atoms with Crippen LogP contribution in [0.2, 0.25) is 0 Å². The molecule has 1 aromatic carbocycles. The second-order valence-electron chi connectivity index (χ2n) is 3.24. The van der Waals surface area contributed by atoms with E-state index in [0.717, 1.165) is 0 Å². The van der Waals surface area contributed by atoms with Crippen LogP contribution in [0.3, 0.4) is 0 Å². The van der Waals surface area contributed by atoms with E-state index in [2.05, 4.69) is 31.2 Å². The Morgan fingerprint density at radius 3 is 2.76 bits per heavy atom. The van der Waals surface area contributed by atoms with Crippen LogP contribution < -0.4 is 11.0 Å². The molecule has 0 fully saturated rings. The van der Waals surface area contributed by atoms with E-state index in [0.29, 0.717) is 10.2 Å². The summed E-state index contributed by atoms with van der Waals surface area (Å²) in [5.41, 5.74) is -0.0896. The highest BCUT2D eigenvalue weighted by atomic mass is 79.9. The lowest BCUT2D eigenvalue weighted by molar-refractivity contribution is 0.102. The summed E-state index contributed by atoms with van der Waals surface area (Å²) in [5.74, 6) is -1.00. The molecule has 0 radical (unpaired) electrons. The topological polar surface area (TPSA) is 77.8 Å². The van der Waals surface area contributed by atoms with Crippen LogP contribution in [-0.2, 0) is 0 Å². The van der Waals surface area contributed by atoms with Gasteiger partial charge in [-0.15, -0.1) is 0 Å². The van der Waals surface area contributed by atoms with E-state index in [1.165, 1.54) is 24.4 Å². The van der Waals surface area contributed by atoms with Gasteiger partial charge in [-0.2, -0.15) is 0 Å². The van der Waals surface area contributed by atoms with E-state index >= 15 is 0 Å². The number of hydrogen-bond acceptors (Lipinski definition) is 2. The van der Waals surface area contributed by atoms with Crippen molar-refractivity contribution in [3.63, 3.8) is 0 Å². The highest BCUT2D eigenvalue weighted by molar-refractivity contribution is 9.10. The number of carbonyl (C=O) groups excluding carboxylic acids is 1. The molecule has 2 rings (SSSR count). The molecule has 0 unspecified atom stereocenters. The number of amides is 1. The van der Waals surface area contributed by atoms with Gasteiger partial charge >= 0.3 is 5.69 Å². The zero-order valence-electron chi connectivity index (χ0n) is 8.38. The van der Waals surface area contributed by atoms with Crippen molar-refractivity contribution >= 4 is 27.5 Å². The summed E-state index contributed by atoms with van der Waals surface area (Å²) in [6.07, 6.45) is 1.24. The number of benzene rings is 1. The van der Waals surface area contributed by atoms with Crippen molar-refractivity contribution in [3.05, 3.63) is 50.9 Å². The van der Waals surface area contributed by atoms with Crippen LogP contribution in [0.1, 0.15) is 10.5 Å². The Bertz CT molecular complexity index is 620. The van der Waals surface area contributed by atoms with Crippen LogP contribution in [-0.4, -0.2) is 15.9 Å². The molecule has 1 heterocycles. The predicted octanol–water partition coefficient (Wildman–Crippen LogP) is 1.86. The van der Waals surface area contributed by atoms with E-state index in [1.807, 2.05) is 0 Å². The molecule has 0 bridgehead atoms. The van der Waals surface area contributed by atoms with Crippen molar-refractivity contribution in [2.75, 3.05) is 5.32 Å². The minimum absolute atomic E-state index is 0.0818. The van der Waals surface area contributed by atoms with E-state index in [-0.39, 0.29) is 5.69 Å². The Kier molecular flexibility index (Phi) is 3.10. The molecule has 0 aliphatic carbocycles. The molecule has 0 atom stereocenters. The standard InChI is InChI=1S/C10H7BrFN3O2/c11-6-2-1-5(3-7(6)12)14-9(16)8-4-13-10(17)15-8/h1-4H,(H,14,16)(H2,13,15,17). The minimum Gasteiger partial charge on any atom is -0.321 e. The largest absolute Gasteiger partial charge is 0.323 e. The zero-order chi connectivity index (χ0) is 12.4. The smallest absolute Gasteiger partial charge is 0.321 e. The summed E-state index contributed by atoms with van der Waals surface area (Å²) in [7, 11) is 0. The van der Waals surface area contributed by atoms with Crippen LogP contribution >= 0.6 is 15.9 Å². The number of halogens is 2. The first-order valence-corrected chi connectivity index (χ1v) is 5.39. The number of aromatic nitrogens is 2. The third-order valence-corrected chi connectivity index (χ3v) is 2.66. The number of H-pyrrole nitrogens is 2. The predicted molar refractivity (Wildman–Crippen MR) is 63.5 cm³/mol. The molecule has 0 aliphatic heterocycles. The lowest BCUT2D eigenvalue weighted by Crippen LogP contribution is -2.14. The number of hydrogen-bond donors (Lipinski definition) is 3. The summed E-state index contributed by atoms with van der Waals surface area (Å²) < 4.78 is 13.5. The molecule has 0 spiro atoms. The summed E-state index contributed by atoms with van der Waals surface area (Å²) in [6.45, 7) is 0. The van der Waals surface area contributed by atoms with Crippen molar-refractivity contribution in [3.8, 4) is 0 Å². The third kappa shape index (κ3) is 2.62. The van der Waals surface area contributed by atoms with Gasteiger partial charge in [0, 0.05) is 11.9 Å². The Labute approximate surface area is 103 Å². The maximum absolute atomic E-state index is 13.2. The quantitative estimate of drug-likeness (QED) is 0.791. The Hall–Kier alpha value is -1.89. The van der Waals surface area contributed by atoms with Crippen LogP contribution in [0, 0.1) is 5.82 Å².